The van der Waals surface area contributed by atoms with E-state index in [4.69, 9.17) is 9.47 Å². The molecule has 0 unspecified atom stereocenters. The molecule has 5 heteroatoms. The van der Waals surface area contributed by atoms with Crippen molar-refractivity contribution in [3.63, 3.8) is 0 Å². The molecule has 1 aromatic heterocycles. The SMILES string of the molecule is C=CCOC[C@@]12CCCO[C@H]1CCN(C(=O)c1cccn1C)C2. The van der Waals surface area contributed by atoms with Crippen LogP contribution in [-0.2, 0) is 16.5 Å². The van der Waals surface area contributed by atoms with E-state index in [0.29, 0.717) is 19.8 Å². The Morgan fingerprint density at radius 3 is 3.22 bits per heavy atom. The second-order valence-electron chi connectivity index (χ2n) is 6.65. The van der Waals surface area contributed by atoms with Crippen LogP contribution in [0.2, 0.25) is 0 Å². The fourth-order valence-electron chi connectivity index (χ4n) is 3.87. The number of hydrogen-bond donors (Lipinski definition) is 0. The van der Waals surface area contributed by atoms with Crippen LogP contribution >= 0.6 is 0 Å². The number of aryl methyl sites for hydroxylation is 1. The van der Waals surface area contributed by atoms with Crippen molar-refractivity contribution in [2.24, 2.45) is 12.5 Å². The Morgan fingerprint density at radius 2 is 2.48 bits per heavy atom. The van der Waals surface area contributed by atoms with E-state index in [1.54, 1.807) is 6.08 Å². The van der Waals surface area contributed by atoms with Crippen LogP contribution in [0.15, 0.2) is 31.0 Å². The Kier molecular flexibility index (Phi) is 4.87. The molecule has 3 rings (SSSR count). The van der Waals surface area contributed by atoms with Crippen LogP contribution in [0, 0.1) is 5.41 Å². The quantitative estimate of drug-likeness (QED) is 0.618. The average Bonchev–Trinajstić information content (AvgIpc) is 3.00. The van der Waals surface area contributed by atoms with Gasteiger partial charge in [-0.2, -0.15) is 0 Å². The first kappa shape index (κ1) is 16.3. The second kappa shape index (κ2) is 6.89. The number of rotatable bonds is 5. The lowest BCUT2D eigenvalue weighted by molar-refractivity contribution is -0.144. The fraction of sp³-hybridized carbons (Fsp3) is 0.611. The molecule has 0 aromatic carbocycles. The minimum atomic E-state index is -0.0830. The lowest BCUT2D eigenvalue weighted by Gasteiger charge is -2.50. The van der Waals surface area contributed by atoms with Crippen molar-refractivity contribution in [1.29, 1.82) is 0 Å². The standard InChI is InChI=1S/C18H26N2O3/c1-3-11-22-14-18-8-5-12-23-16(18)7-10-20(13-18)17(21)15-6-4-9-19(15)2/h3-4,6,9,16H,1,5,7-8,10-14H2,2H3/t16-,18-/m0/s1. The highest BCUT2D eigenvalue weighted by Crippen LogP contribution is 2.40. The van der Waals surface area contributed by atoms with Crippen LogP contribution in [-0.4, -0.2) is 54.4 Å². The van der Waals surface area contributed by atoms with Crippen molar-refractivity contribution in [3.05, 3.63) is 36.7 Å². The predicted molar refractivity (Wildman–Crippen MR) is 88.4 cm³/mol. The van der Waals surface area contributed by atoms with Crippen LogP contribution < -0.4 is 0 Å². The van der Waals surface area contributed by atoms with Gasteiger partial charge in [0.05, 0.1) is 19.3 Å². The van der Waals surface area contributed by atoms with Crippen molar-refractivity contribution in [2.75, 3.05) is 32.9 Å². The molecule has 0 saturated carbocycles. The third kappa shape index (κ3) is 3.21. The largest absolute Gasteiger partial charge is 0.377 e. The van der Waals surface area contributed by atoms with Crippen molar-refractivity contribution in [3.8, 4) is 0 Å². The minimum Gasteiger partial charge on any atom is -0.377 e. The van der Waals surface area contributed by atoms with Crippen LogP contribution in [0.25, 0.3) is 0 Å². The molecule has 1 aromatic rings. The summed E-state index contributed by atoms with van der Waals surface area (Å²) in [5.41, 5.74) is 0.655. The molecule has 2 aliphatic heterocycles. The van der Waals surface area contributed by atoms with Gasteiger partial charge in [0.15, 0.2) is 0 Å². The Hall–Kier alpha value is -1.59. The maximum absolute atomic E-state index is 12.8. The zero-order valence-electron chi connectivity index (χ0n) is 13.9. The highest BCUT2D eigenvalue weighted by molar-refractivity contribution is 5.92. The number of nitrogens with zero attached hydrogens (tertiary/aromatic N) is 2. The molecule has 0 N–H and O–H groups in total. The van der Waals surface area contributed by atoms with Gasteiger partial charge in [-0.3, -0.25) is 4.79 Å². The molecule has 0 aliphatic carbocycles. The number of carbonyl (C=O) groups is 1. The molecule has 126 valence electrons. The molecule has 3 heterocycles. The van der Waals surface area contributed by atoms with E-state index < -0.39 is 0 Å². The smallest absolute Gasteiger partial charge is 0.270 e. The molecule has 1 amide bonds. The van der Waals surface area contributed by atoms with E-state index in [2.05, 4.69) is 6.58 Å². The highest BCUT2D eigenvalue weighted by atomic mass is 16.5. The first-order valence-corrected chi connectivity index (χ1v) is 8.37. The summed E-state index contributed by atoms with van der Waals surface area (Å²) in [6, 6.07) is 3.79. The van der Waals surface area contributed by atoms with Crippen LogP contribution in [0.4, 0.5) is 0 Å². The molecule has 2 fully saturated rings. The van der Waals surface area contributed by atoms with Gasteiger partial charge in [-0.1, -0.05) is 6.08 Å². The Morgan fingerprint density at radius 1 is 1.61 bits per heavy atom. The van der Waals surface area contributed by atoms with Crippen LogP contribution in [0.1, 0.15) is 29.8 Å². The lowest BCUT2D eigenvalue weighted by Crippen LogP contribution is -2.58. The van der Waals surface area contributed by atoms with E-state index in [0.717, 1.165) is 38.1 Å². The second-order valence-corrected chi connectivity index (χ2v) is 6.65. The van der Waals surface area contributed by atoms with E-state index in [-0.39, 0.29) is 17.4 Å². The molecule has 0 spiro atoms. The fourth-order valence-corrected chi connectivity index (χ4v) is 3.87. The van der Waals surface area contributed by atoms with Crippen molar-refractivity contribution < 1.29 is 14.3 Å². The van der Waals surface area contributed by atoms with Crippen molar-refractivity contribution in [2.45, 2.75) is 25.4 Å². The van der Waals surface area contributed by atoms with Crippen molar-refractivity contribution >= 4 is 5.91 Å². The van der Waals surface area contributed by atoms with Crippen LogP contribution in [0.3, 0.4) is 0 Å². The molecule has 2 aliphatic rings. The third-order valence-corrected chi connectivity index (χ3v) is 5.06. The maximum atomic E-state index is 12.8. The van der Waals surface area contributed by atoms with E-state index in [1.165, 1.54) is 0 Å². The number of amides is 1. The number of hydrogen-bond acceptors (Lipinski definition) is 3. The van der Waals surface area contributed by atoms with E-state index in [1.807, 2.05) is 34.8 Å². The molecule has 2 atom stereocenters. The van der Waals surface area contributed by atoms with Gasteiger partial charge in [-0.25, -0.2) is 0 Å². The van der Waals surface area contributed by atoms with Crippen molar-refractivity contribution in [1.82, 2.24) is 9.47 Å². The molecule has 0 bridgehead atoms. The molecule has 23 heavy (non-hydrogen) atoms. The summed E-state index contributed by atoms with van der Waals surface area (Å²) in [4.78, 5) is 14.8. The first-order chi connectivity index (χ1) is 11.2. The van der Waals surface area contributed by atoms with Gasteiger partial charge in [-0.05, 0) is 31.4 Å². The normalized spacial score (nSPS) is 27.5. The molecule has 5 nitrogen and oxygen atoms in total. The van der Waals surface area contributed by atoms with Gasteiger partial charge in [0, 0.05) is 38.4 Å². The monoisotopic (exact) mass is 318 g/mol. The van der Waals surface area contributed by atoms with Crippen LogP contribution in [0.5, 0.6) is 0 Å². The Balaban J connectivity index is 1.76. The minimum absolute atomic E-state index is 0.0830. The molecular formula is C18H26N2O3. The number of aromatic nitrogens is 1. The van der Waals surface area contributed by atoms with Gasteiger partial charge in [0.1, 0.15) is 5.69 Å². The summed E-state index contributed by atoms with van der Waals surface area (Å²) < 4.78 is 13.7. The third-order valence-electron chi connectivity index (χ3n) is 5.06. The Labute approximate surface area is 137 Å². The molecule has 0 radical (unpaired) electrons. The molecule has 2 saturated heterocycles. The number of piperidine rings is 1. The molecular weight excluding hydrogens is 292 g/mol. The number of likely N-dealkylation sites (tertiary alicyclic amines) is 1. The summed E-state index contributed by atoms with van der Waals surface area (Å²) in [6.07, 6.45) is 6.83. The van der Waals surface area contributed by atoms with Gasteiger partial charge in [-0.15, -0.1) is 6.58 Å². The number of ether oxygens (including phenoxy) is 2. The van der Waals surface area contributed by atoms with E-state index >= 15 is 0 Å². The summed E-state index contributed by atoms with van der Waals surface area (Å²) >= 11 is 0. The summed E-state index contributed by atoms with van der Waals surface area (Å²) in [6.45, 7) is 7.15. The summed E-state index contributed by atoms with van der Waals surface area (Å²) in [5, 5.41) is 0. The number of fused-ring (bicyclic) bond motifs is 1. The van der Waals surface area contributed by atoms with Gasteiger partial charge in [0.25, 0.3) is 5.91 Å². The Bertz CT molecular complexity index is 568. The first-order valence-electron chi connectivity index (χ1n) is 8.37. The zero-order valence-corrected chi connectivity index (χ0v) is 13.9. The highest BCUT2D eigenvalue weighted by Gasteiger charge is 2.47. The topological polar surface area (TPSA) is 43.7 Å². The average molecular weight is 318 g/mol. The van der Waals surface area contributed by atoms with Gasteiger partial charge < -0.3 is 18.9 Å². The van der Waals surface area contributed by atoms with Gasteiger partial charge in [0.2, 0.25) is 0 Å². The van der Waals surface area contributed by atoms with Gasteiger partial charge >= 0.3 is 0 Å². The summed E-state index contributed by atoms with van der Waals surface area (Å²) in [7, 11) is 1.91. The zero-order chi connectivity index (χ0) is 16.3. The number of carbonyl (C=O) groups excluding carboxylic acids is 1. The summed E-state index contributed by atoms with van der Waals surface area (Å²) in [5.74, 6) is 0.101. The predicted octanol–water partition coefficient (Wildman–Crippen LogP) is 2.24. The maximum Gasteiger partial charge on any atom is 0.270 e. The lowest BCUT2D eigenvalue weighted by atomic mass is 9.73. The van der Waals surface area contributed by atoms with E-state index in [9.17, 15) is 4.79 Å².